The number of likely N-dealkylation sites (tertiary alicyclic amines) is 1. The van der Waals surface area contributed by atoms with Gasteiger partial charge in [0.25, 0.3) is 0 Å². The zero-order chi connectivity index (χ0) is 15.2. The Morgan fingerprint density at radius 2 is 2.19 bits per heavy atom. The highest BCUT2D eigenvalue weighted by atomic mass is 35.5. The lowest BCUT2D eigenvalue weighted by molar-refractivity contribution is 0.155. The van der Waals surface area contributed by atoms with Crippen molar-refractivity contribution in [3.05, 3.63) is 28.8 Å². The highest BCUT2D eigenvalue weighted by Crippen LogP contribution is 2.42. The smallest absolute Gasteiger partial charge is 0.125 e. The molecule has 1 aromatic carbocycles. The van der Waals surface area contributed by atoms with Crippen LogP contribution in [0.5, 0.6) is 5.75 Å². The van der Waals surface area contributed by atoms with E-state index >= 15 is 0 Å². The molecule has 0 aromatic heterocycles. The highest BCUT2D eigenvalue weighted by Gasteiger charge is 2.33. The number of hydrogen-bond acceptors (Lipinski definition) is 3. The summed E-state index contributed by atoms with van der Waals surface area (Å²) < 4.78 is 5.59. The molecular weight excluding hydrogens is 284 g/mol. The van der Waals surface area contributed by atoms with E-state index in [9.17, 15) is 0 Å². The van der Waals surface area contributed by atoms with Crippen molar-refractivity contribution in [1.29, 1.82) is 0 Å². The van der Waals surface area contributed by atoms with Crippen LogP contribution < -0.4 is 10.5 Å². The van der Waals surface area contributed by atoms with Gasteiger partial charge in [0.2, 0.25) is 0 Å². The lowest BCUT2D eigenvalue weighted by Crippen LogP contribution is -2.36. The molecule has 1 aliphatic rings. The molecule has 2 atom stereocenters. The summed E-state index contributed by atoms with van der Waals surface area (Å²) in [5.41, 5.74) is 7.21. The van der Waals surface area contributed by atoms with Gasteiger partial charge >= 0.3 is 0 Å². The Morgan fingerprint density at radius 3 is 2.86 bits per heavy atom. The van der Waals surface area contributed by atoms with E-state index in [1.54, 1.807) is 7.11 Å². The largest absolute Gasteiger partial charge is 0.496 e. The minimum absolute atomic E-state index is 0.265. The summed E-state index contributed by atoms with van der Waals surface area (Å²) in [5, 5.41) is 0.792. The molecule has 0 saturated carbocycles. The van der Waals surface area contributed by atoms with Crippen molar-refractivity contribution in [3.8, 4) is 5.75 Å². The molecule has 21 heavy (non-hydrogen) atoms. The second-order valence-electron chi connectivity index (χ2n) is 5.83. The van der Waals surface area contributed by atoms with Gasteiger partial charge in [-0.25, -0.2) is 0 Å². The van der Waals surface area contributed by atoms with Crippen molar-refractivity contribution in [2.45, 2.75) is 38.6 Å². The van der Waals surface area contributed by atoms with Crippen molar-refractivity contribution in [3.63, 3.8) is 0 Å². The summed E-state index contributed by atoms with van der Waals surface area (Å²) in [6.45, 7) is 5.11. The molecular formula is C17H27ClN2O. The molecule has 1 aliphatic heterocycles. The van der Waals surface area contributed by atoms with Gasteiger partial charge in [-0.3, -0.25) is 4.90 Å². The van der Waals surface area contributed by atoms with E-state index in [4.69, 9.17) is 22.1 Å². The Bertz CT molecular complexity index is 452. The third kappa shape index (κ3) is 3.71. The fraction of sp³-hybridized carbons (Fsp3) is 0.647. The monoisotopic (exact) mass is 310 g/mol. The van der Waals surface area contributed by atoms with Crippen LogP contribution in [0, 0.1) is 5.92 Å². The van der Waals surface area contributed by atoms with E-state index < -0.39 is 0 Å². The molecule has 0 amide bonds. The number of benzene rings is 1. The average Bonchev–Trinajstić information content (AvgIpc) is 2.69. The van der Waals surface area contributed by atoms with Crippen molar-refractivity contribution in [2.75, 3.05) is 26.7 Å². The van der Waals surface area contributed by atoms with Crippen LogP contribution in [0.15, 0.2) is 18.2 Å². The lowest BCUT2D eigenvalue weighted by Gasteiger charge is -2.36. The number of methoxy groups -OCH3 is 1. The van der Waals surface area contributed by atoms with Crippen molar-refractivity contribution >= 4 is 11.6 Å². The first-order valence-corrected chi connectivity index (χ1v) is 8.37. The summed E-state index contributed by atoms with van der Waals surface area (Å²) in [6, 6.07) is 6.18. The van der Waals surface area contributed by atoms with Crippen molar-refractivity contribution in [2.24, 2.45) is 11.7 Å². The minimum Gasteiger partial charge on any atom is -0.496 e. The van der Waals surface area contributed by atoms with Crippen LogP contribution >= 0.6 is 11.6 Å². The maximum atomic E-state index is 6.54. The van der Waals surface area contributed by atoms with E-state index in [2.05, 4.69) is 11.8 Å². The molecule has 1 saturated heterocycles. The first-order chi connectivity index (χ1) is 10.2. The normalized spacial score (nSPS) is 23.8. The number of rotatable bonds is 5. The average molecular weight is 311 g/mol. The third-order valence-electron chi connectivity index (χ3n) is 4.45. The molecule has 2 N–H and O–H groups in total. The van der Waals surface area contributed by atoms with Gasteiger partial charge in [-0.05, 0) is 56.9 Å². The van der Waals surface area contributed by atoms with Gasteiger partial charge in [0.15, 0.2) is 0 Å². The number of halogens is 1. The Balaban J connectivity index is 2.46. The van der Waals surface area contributed by atoms with Crippen LogP contribution in [-0.4, -0.2) is 31.6 Å². The SMILES string of the molecule is CCCN1CCCCC(CN)C1c1c(Cl)cccc1OC. The minimum atomic E-state index is 0.265. The van der Waals surface area contributed by atoms with Gasteiger partial charge in [0.1, 0.15) is 5.75 Å². The number of nitrogens with two attached hydrogens (primary N) is 1. The van der Waals surface area contributed by atoms with Crippen LogP contribution in [0.1, 0.15) is 44.2 Å². The molecule has 2 rings (SSSR count). The molecule has 1 heterocycles. The van der Waals surface area contributed by atoms with Crippen molar-refractivity contribution in [1.82, 2.24) is 4.90 Å². The predicted molar refractivity (Wildman–Crippen MR) is 89.0 cm³/mol. The Kier molecular flexibility index (Phi) is 6.34. The topological polar surface area (TPSA) is 38.5 Å². The van der Waals surface area contributed by atoms with Gasteiger partial charge in [0, 0.05) is 16.6 Å². The van der Waals surface area contributed by atoms with Crippen LogP contribution in [0.3, 0.4) is 0 Å². The van der Waals surface area contributed by atoms with Gasteiger partial charge in [-0.2, -0.15) is 0 Å². The van der Waals surface area contributed by atoms with E-state index in [1.807, 2.05) is 18.2 Å². The molecule has 2 unspecified atom stereocenters. The van der Waals surface area contributed by atoms with Crippen LogP contribution in [0.4, 0.5) is 0 Å². The Hall–Kier alpha value is -0.770. The molecule has 118 valence electrons. The van der Waals surface area contributed by atoms with Crippen LogP contribution in [-0.2, 0) is 0 Å². The standard InChI is InChI=1S/C17H27ClN2O/c1-3-10-20-11-5-4-7-13(12-19)17(20)16-14(18)8-6-9-15(16)21-2/h6,8-9,13,17H,3-5,7,10-12,19H2,1-2H3. The van der Waals surface area contributed by atoms with E-state index in [0.717, 1.165) is 42.3 Å². The summed E-state index contributed by atoms with van der Waals surface area (Å²) >= 11 is 6.54. The Morgan fingerprint density at radius 1 is 1.38 bits per heavy atom. The Labute approximate surface area is 133 Å². The molecule has 1 fully saturated rings. The van der Waals surface area contributed by atoms with Crippen LogP contribution in [0.25, 0.3) is 0 Å². The first-order valence-electron chi connectivity index (χ1n) is 7.99. The molecule has 4 heteroatoms. The number of ether oxygens (including phenoxy) is 1. The maximum Gasteiger partial charge on any atom is 0.125 e. The maximum absolute atomic E-state index is 6.54. The number of nitrogens with zero attached hydrogens (tertiary/aromatic N) is 1. The molecule has 0 aliphatic carbocycles. The van der Waals surface area contributed by atoms with Gasteiger partial charge in [-0.15, -0.1) is 0 Å². The van der Waals surface area contributed by atoms with E-state index in [0.29, 0.717) is 12.5 Å². The van der Waals surface area contributed by atoms with Crippen LogP contribution in [0.2, 0.25) is 5.02 Å². The zero-order valence-electron chi connectivity index (χ0n) is 13.1. The summed E-state index contributed by atoms with van der Waals surface area (Å²) in [5.74, 6) is 1.32. The fourth-order valence-corrected chi connectivity index (χ4v) is 3.78. The summed E-state index contributed by atoms with van der Waals surface area (Å²) in [4.78, 5) is 2.55. The predicted octanol–water partition coefficient (Wildman–Crippen LogP) is 3.86. The van der Waals surface area contributed by atoms with Crippen molar-refractivity contribution < 1.29 is 4.74 Å². The molecule has 3 nitrogen and oxygen atoms in total. The summed E-state index contributed by atoms with van der Waals surface area (Å²) in [6.07, 6.45) is 4.78. The molecule has 1 aromatic rings. The van der Waals surface area contributed by atoms with E-state index in [1.165, 1.54) is 12.8 Å². The quantitative estimate of drug-likeness (QED) is 0.897. The second-order valence-corrected chi connectivity index (χ2v) is 6.24. The van der Waals surface area contributed by atoms with Gasteiger partial charge in [0.05, 0.1) is 7.11 Å². The first kappa shape index (κ1) is 16.6. The number of hydrogen-bond donors (Lipinski definition) is 1. The van der Waals surface area contributed by atoms with Gasteiger partial charge in [-0.1, -0.05) is 31.0 Å². The lowest BCUT2D eigenvalue weighted by atomic mass is 9.88. The fourth-order valence-electron chi connectivity index (χ4n) is 3.50. The second kappa shape index (κ2) is 8.02. The third-order valence-corrected chi connectivity index (χ3v) is 4.78. The van der Waals surface area contributed by atoms with E-state index in [-0.39, 0.29) is 6.04 Å². The molecule has 0 bridgehead atoms. The summed E-state index contributed by atoms with van der Waals surface area (Å²) in [7, 11) is 1.72. The zero-order valence-corrected chi connectivity index (χ0v) is 13.9. The van der Waals surface area contributed by atoms with Gasteiger partial charge < -0.3 is 10.5 Å². The molecule has 0 radical (unpaired) electrons. The molecule has 0 spiro atoms. The highest BCUT2D eigenvalue weighted by molar-refractivity contribution is 6.31.